The molecule has 2 aromatic rings. The highest BCUT2D eigenvalue weighted by atomic mass is 16.6. The second-order valence-electron chi connectivity index (χ2n) is 9.69. The van der Waals surface area contributed by atoms with Gasteiger partial charge in [-0.1, -0.05) is 63.1 Å². The normalized spacial score (nSPS) is 25.1. The van der Waals surface area contributed by atoms with E-state index in [0.29, 0.717) is 23.3 Å². The van der Waals surface area contributed by atoms with Crippen LogP contribution in [0.2, 0.25) is 0 Å². The number of fused-ring (bicyclic) bond motifs is 4. The van der Waals surface area contributed by atoms with Gasteiger partial charge in [0.25, 0.3) is 0 Å². The van der Waals surface area contributed by atoms with E-state index >= 15 is 0 Å². The van der Waals surface area contributed by atoms with Gasteiger partial charge in [0, 0.05) is 23.9 Å². The molecule has 1 aliphatic heterocycles. The van der Waals surface area contributed by atoms with Crippen molar-refractivity contribution in [1.82, 2.24) is 4.90 Å². The van der Waals surface area contributed by atoms with Gasteiger partial charge in [0.2, 0.25) is 6.10 Å². The molecule has 0 aromatic heterocycles. The molecule has 0 spiro atoms. The highest BCUT2D eigenvalue weighted by Crippen LogP contribution is 2.52. The molecule has 0 N–H and O–H groups in total. The van der Waals surface area contributed by atoms with Gasteiger partial charge in [0.1, 0.15) is 5.75 Å². The smallest absolute Gasteiger partial charge is 0.357 e. The maximum atomic E-state index is 13.1. The Kier molecular flexibility index (Phi) is 6.89. The minimum absolute atomic E-state index is 0.109. The van der Waals surface area contributed by atoms with Crippen LogP contribution in [-0.2, 0) is 26.2 Å². The first kappa shape index (κ1) is 23.5. The molecule has 176 valence electrons. The molecule has 1 heterocycles. The number of hydrogen-bond acceptors (Lipinski definition) is 5. The Balaban J connectivity index is 1.65. The van der Waals surface area contributed by atoms with Crippen molar-refractivity contribution in [3.05, 3.63) is 65.2 Å². The van der Waals surface area contributed by atoms with Crippen molar-refractivity contribution in [1.29, 1.82) is 0 Å². The Morgan fingerprint density at radius 1 is 1.18 bits per heavy atom. The summed E-state index contributed by atoms with van der Waals surface area (Å²) < 4.78 is 11.1. The first-order valence-electron chi connectivity index (χ1n) is 12.1. The zero-order chi connectivity index (χ0) is 23.6. The van der Waals surface area contributed by atoms with E-state index in [9.17, 15) is 9.59 Å². The molecule has 2 aliphatic rings. The summed E-state index contributed by atoms with van der Waals surface area (Å²) in [6.45, 7) is 7.03. The molecule has 2 bridgehead atoms. The quantitative estimate of drug-likeness (QED) is 0.428. The Morgan fingerprint density at radius 2 is 1.94 bits per heavy atom. The second kappa shape index (κ2) is 9.68. The number of benzene rings is 2. The van der Waals surface area contributed by atoms with Crippen LogP contribution < -0.4 is 4.74 Å². The van der Waals surface area contributed by atoms with Crippen molar-refractivity contribution in [2.75, 3.05) is 13.6 Å². The molecule has 2 aromatic carbocycles. The van der Waals surface area contributed by atoms with E-state index in [1.807, 2.05) is 24.3 Å². The van der Waals surface area contributed by atoms with Crippen LogP contribution in [0.25, 0.3) is 0 Å². The monoisotopic (exact) mass is 449 g/mol. The highest BCUT2D eigenvalue weighted by molar-refractivity contribution is 5.82. The van der Waals surface area contributed by atoms with E-state index in [-0.39, 0.29) is 5.41 Å². The zero-order valence-corrected chi connectivity index (χ0v) is 20.2. The lowest BCUT2D eigenvalue weighted by Gasteiger charge is -2.55. The number of ether oxygens (including phenoxy) is 2. The van der Waals surface area contributed by atoms with Crippen LogP contribution in [0.5, 0.6) is 5.75 Å². The first-order valence-corrected chi connectivity index (χ1v) is 12.1. The van der Waals surface area contributed by atoms with Gasteiger partial charge in [-0.05, 0) is 62.0 Å². The van der Waals surface area contributed by atoms with Gasteiger partial charge in [0.05, 0.1) is 0 Å². The predicted octanol–water partition coefficient (Wildman–Crippen LogP) is 5.22. The zero-order valence-electron chi connectivity index (χ0n) is 20.2. The summed E-state index contributed by atoms with van der Waals surface area (Å²) in [5, 5.41) is 0. The lowest BCUT2D eigenvalue weighted by molar-refractivity contribution is -0.161. The molecular weight excluding hydrogens is 414 g/mol. The molecule has 3 unspecified atom stereocenters. The average Bonchev–Trinajstić information content (AvgIpc) is 2.80. The van der Waals surface area contributed by atoms with Crippen molar-refractivity contribution in [2.24, 2.45) is 5.92 Å². The molecule has 4 rings (SSSR count). The number of likely N-dealkylation sites (N-methyl/N-ethyl adjacent to an activating group) is 1. The minimum Gasteiger partial charge on any atom is -0.446 e. The van der Waals surface area contributed by atoms with E-state index in [2.05, 4.69) is 37.9 Å². The Bertz CT molecular complexity index is 1000. The van der Waals surface area contributed by atoms with Gasteiger partial charge in [-0.3, -0.25) is 4.79 Å². The number of carbonyl (C=O) groups is 2. The summed E-state index contributed by atoms with van der Waals surface area (Å²) in [6.07, 6.45) is 4.56. The van der Waals surface area contributed by atoms with Gasteiger partial charge in [-0.2, -0.15) is 0 Å². The summed E-state index contributed by atoms with van der Waals surface area (Å²) in [7, 11) is 2.24. The van der Waals surface area contributed by atoms with Crippen LogP contribution in [0.1, 0.15) is 69.2 Å². The fourth-order valence-electron chi connectivity index (χ4n) is 5.91. The fraction of sp³-hybridized carbons (Fsp3) is 0.500. The van der Waals surface area contributed by atoms with E-state index < -0.39 is 18.0 Å². The lowest BCUT2D eigenvalue weighted by atomic mass is 9.56. The van der Waals surface area contributed by atoms with E-state index in [0.717, 1.165) is 25.8 Å². The number of rotatable bonds is 7. The maximum absolute atomic E-state index is 13.1. The number of piperidine rings is 1. The Labute approximate surface area is 197 Å². The summed E-state index contributed by atoms with van der Waals surface area (Å²) in [6, 6.07) is 15.6. The summed E-state index contributed by atoms with van der Waals surface area (Å²) >= 11 is 0. The van der Waals surface area contributed by atoms with Crippen molar-refractivity contribution >= 4 is 11.9 Å². The maximum Gasteiger partial charge on any atom is 0.357 e. The molecule has 1 aliphatic carbocycles. The van der Waals surface area contributed by atoms with Gasteiger partial charge >= 0.3 is 11.9 Å². The van der Waals surface area contributed by atoms with Gasteiger partial charge in [-0.15, -0.1) is 0 Å². The molecule has 1 saturated heterocycles. The van der Waals surface area contributed by atoms with E-state index in [1.165, 1.54) is 30.9 Å². The summed E-state index contributed by atoms with van der Waals surface area (Å²) in [5.74, 6) is -0.0355. The number of nitrogens with zero attached hydrogens (tertiary/aromatic N) is 1. The molecule has 0 radical (unpaired) electrons. The minimum atomic E-state index is -1.08. The van der Waals surface area contributed by atoms with Gasteiger partial charge in [-0.25, -0.2) is 4.79 Å². The molecule has 4 atom stereocenters. The van der Waals surface area contributed by atoms with Crippen LogP contribution in [0, 0.1) is 5.92 Å². The second-order valence-corrected chi connectivity index (χ2v) is 9.69. The van der Waals surface area contributed by atoms with Crippen LogP contribution in [-0.4, -0.2) is 36.5 Å². The number of esters is 2. The third-order valence-corrected chi connectivity index (χ3v) is 7.77. The molecule has 0 saturated carbocycles. The van der Waals surface area contributed by atoms with Crippen LogP contribution in [0.3, 0.4) is 0 Å². The first-order chi connectivity index (χ1) is 15.9. The van der Waals surface area contributed by atoms with Crippen LogP contribution in [0.4, 0.5) is 0 Å². The van der Waals surface area contributed by atoms with Crippen molar-refractivity contribution in [3.8, 4) is 5.75 Å². The highest BCUT2D eigenvalue weighted by Gasteiger charge is 2.50. The van der Waals surface area contributed by atoms with Gasteiger partial charge in [0.15, 0.2) is 0 Å². The lowest BCUT2D eigenvalue weighted by Crippen LogP contribution is -2.57. The molecule has 1 fully saturated rings. The number of carbonyl (C=O) groups excluding carboxylic acids is 2. The molecule has 33 heavy (non-hydrogen) atoms. The van der Waals surface area contributed by atoms with Crippen LogP contribution >= 0.6 is 0 Å². The number of hydrogen-bond donors (Lipinski definition) is 0. The molecule has 5 nitrogen and oxygen atoms in total. The molecular formula is C28H35NO4. The van der Waals surface area contributed by atoms with Crippen molar-refractivity contribution < 1.29 is 19.1 Å². The third-order valence-electron chi connectivity index (χ3n) is 7.77. The van der Waals surface area contributed by atoms with Crippen LogP contribution in [0.15, 0.2) is 48.5 Å². The summed E-state index contributed by atoms with van der Waals surface area (Å²) in [5.41, 5.74) is 3.40. The molecule has 0 amide bonds. The Hall–Kier alpha value is -2.66. The summed E-state index contributed by atoms with van der Waals surface area (Å²) in [4.78, 5) is 27.3. The average molecular weight is 450 g/mol. The number of likely N-dealkylation sites (tertiary alicyclic amines) is 1. The van der Waals surface area contributed by atoms with E-state index in [1.54, 1.807) is 12.1 Å². The SMILES string of the molecule is CCCC[C@]12CCN(C)C(Cc3ccc(OC(=O)C(OC(C)=O)c4ccccc4)cc31)C2C. The predicted molar refractivity (Wildman–Crippen MR) is 128 cm³/mol. The molecule has 5 heteroatoms. The van der Waals surface area contributed by atoms with Crippen molar-refractivity contribution in [3.63, 3.8) is 0 Å². The largest absolute Gasteiger partial charge is 0.446 e. The van der Waals surface area contributed by atoms with Gasteiger partial charge < -0.3 is 14.4 Å². The topological polar surface area (TPSA) is 55.8 Å². The number of unbranched alkanes of at least 4 members (excludes halogenated alkanes) is 1. The fourth-order valence-corrected chi connectivity index (χ4v) is 5.91. The van der Waals surface area contributed by atoms with Crippen molar-refractivity contribution in [2.45, 2.75) is 70.4 Å². The standard InChI is InChI=1S/C28H35NO4/c1-5-6-14-28-15-16-29(4)25(19(28)2)17-22-12-13-23(18-24(22)28)33-27(31)26(32-20(3)30)21-10-8-7-9-11-21/h7-13,18-19,25-26H,5-6,14-17H2,1-4H3/t19?,25?,26?,28-/m1/s1. The third kappa shape index (κ3) is 4.56. The Morgan fingerprint density at radius 3 is 2.64 bits per heavy atom. The van der Waals surface area contributed by atoms with E-state index in [4.69, 9.17) is 9.47 Å².